The number of nitrogens with one attached hydrogen (secondary N) is 2. The van der Waals surface area contributed by atoms with E-state index in [-0.39, 0.29) is 11.8 Å². The van der Waals surface area contributed by atoms with Crippen LogP contribution in [0.4, 0.5) is 5.13 Å². The zero-order valence-electron chi connectivity index (χ0n) is 11.8. The number of hydrogen-bond donors (Lipinski definition) is 2. The molecule has 0 atom stereocenters. The average molecular weight is 281 g/mol. The quantitative estimate of drug-likeness (QED) is 0.843. The summed E-state index contributed by atoms with van der Waals surface area (Å²) in [5.74, 6) is 0.275. The molecule has 1 aromatic rings. The van der Waals surface area contributed by atoms with E-state index < -0.39 is 0 Å². The second kappa shape index (κ2) is 7.01. The Morgan fingerprint density at radius 1 is 1.42 bits per heavy atom. The number of fused-ring (bicyclic) bond motifs is 1. The average Bonchev–Trinajstić information content (AvgIpc) is 2.80. The van der Waals surface area contributed by atoms with Crippen molar-refractivity contribution in [2.24, 2.45) is 5.92 Å². The van der Waals surface area contributed by atoms with Gasteiger partial charge in [0.1, 0.15) is 0 Å². The molecule has 2 rings (SSSR count). The van der Waals surface area contributed by atoms with Crippen molar-refractivity contribution >= 4 is 22.4 Å². The van der Waals surface area contributed by atoms with Crippen molar-refractivity contribution in [1.82, 2.24) is 10.3 Å². The minimum absolute atomic E-state index is 0.133. The van der Waals surface area contributed by atoms with Crippen LogP contribution >= 0.6 is 11.3 Å². The SMILES string of the molecule is CCCC(CCC)C(=O)Nc1nc2c(s1)CNCC2. The molecule has 0 aliphatic carbocycles. The second-order valence-electron chi connectivity index (χ2n) is 5.08. The molecule has 0 radical (unpaired) electrons. The molecule has 2 N–H and O–H groups in total. The molecule has 0 saturated heterocycles. The van der Waals surface area contributed by atoms with Crippen molar-refractivity contribution < 1.29 is 4.79 Å². The lowest BCUT2D eigenvalue weighted by Gasteiger charge is -2.13. The Morgan fingerprint density at radius 2 is 2.16 bits per heavy atom. The molecule has 1 aromatic heterocycles. The van der Waals surface area contributed by atoms with E-state index in [0.717, 1.165) is 56.0 Å². The van der Waals surface area contributed by atoms with E-state index in [1.165, 1.54) is 4.88 Å². The number of anilines is 1. The minimum atomic E-state index is 0.133. The smallest absolute Gasteiger partial charge is 0.229 e. The Bertz CT molecular complexity index is 401. The molecule has 0 aromatic carbocycles. The van der Waals surface area contributed by atoms with Crippen LogP contribution in [0.15, 0.2) is 0 Å². The Labute approximate surface area is 119 Å². The Hall–Kier alpha value is -0.940. The highest BCUT2D eigenvalue weighted by atomic mass is 32.1. The molecule has 0 bridgehead atoms. The van der Waals surface area contributed by atoms with Crippen LogP contribution in [0.25, 0.3) is 0 Å². The maximum absolute atomic E-state index is 12.2. The van der Waals surface area contributed by atoms with Gasteiger partial charge in [-0.2, -0.15) is 0 Å². The summed E-state index contributed by atoms with van der Waals surface area (Å²) in [6.07, 6.45) is 5.00. The number of aromatic nitrogens is 1. The van der Waals surface area contributed by atoms with Crippen LogP contribution in [0, 0.1) is 5.92 Å². The van der Waals surface area contributed by atoms with Gasteiger partial charge in [-0.1, -0.05) is 26.7 Å². The third-order valence-electron chi connectivity index (χ3n) is 3.48. The topological polar surface area (TPSA) is 54.0 Å². The number of carbonyl (C=O) groups excluding carboxylic acids is 1. The van der Waals surface area contributed by atoms with Crippen molar-refractivity contribution in [3.8, 4) is 0 Å². The van der Waals surface area contributed by atoms with Crippen LogP contribution < -0.4 is 10.6 Å². The summed E-state index contributed by atoms with van der Waals surface area (Å²) in [6, 6.07) is 0. The molecule has 1 aliphatic heterocycles. The largest absolute Gasteiger partial charge is 0.311 e. The van der Waals surface area contributed by atoms with Crippen LogP contribution in [-0.4, -0.2) is 17.4 Å². The maximum atomic E-state index is 12.2. The highest BCUT2D eigenvalue weighted by Gasteiger charge is 2.20. The summed E-state index contributed by atoms with van der Waals surface area (Å²) in [6.45, 7) is 6.13. The molecule has 106 valence electrons. The van der Waals surface area contributed by atoms with Crippen molar-refractivity contribution in [3.63, 3.8) is 0 Å². The number of rotatable bonds is 6. The first-order chi connectivity index (χ1) is 9.24. The Kier molecular flexibility index (Phi) is 5.34. The maximum Gasteiger partial charge on any atom is 0.229 e. The van der Waals surface area contributed by atoms with E-state index in [1.807, 2.05) is 0 Å². The lowest BCUT2D eigenvalue weighted by molar-refractivity contribution is -0.120. The predicted octanol–water partition coefficient (Wildman–Crippen LogP) is 2.94. The Morgan fingerprint density at radius 3 is 2.79 bits per heavy atom. The number of amides is 1. The van der Waals surface area contributed by atoms with Gasteiger partial charge in [0.15, 0.2) is 5.13 Å². The van der Waals surface area contributed by atoms with Crippen molar-refractivity contribution in [2.75, 3.05) is 11.9 Å². The minimum Gasteiger partial charge on any atom is -0.311 e. The normalized spacial score (nSPS) is 14.5. The summed E-state index contributed by atoms with van der Waals surface area (Å²) in [7, 11) is 0. The molecule has 0 unspecified atom stereocenters. The van der Waals surface area contributed by atoms with Crippen molar-refractivity contribution in [2.45, 2.75) is 52.5 Å². The van der Waals surface area contributed by atoms with Gasteiger partial charge in [-0.3, -0.25) is 4.79 Å². The van der Waals surface area contributed by atoms with E-state index >= 15 is 0 Å². The van der Waals surface area contributed by atoms with Crippen LogP contribution in [0.5, 0.6) is 0 Å². The first kappa shape index (κ1) is 14.5. The highest BCUT2D eigenvalue weighted by molar-refractivity contribution is 7.15. The fraction of sp³-hybridized carbons (Fsp3) is 0.714. The highest BCUT2D eigenvalue weighted by Crippen LogP contribution is 2.26. The molecule has 5 heteroatoms. The van der Waals surface area contributed by atoms with Gasteiger partial charge in [0.2, 0.25) is 5.91 Å². The third-order valence-corrected chi connectivity index (χ3v) is 4.49. The zero-order chi connectivity index (χ0) is 13.7. The van der Waals surface area contributed by atoms with Gasteiger partial charge in [-0.25, -0.2) is 4.98 Å². The van der Waals surface area contributed by atoms with Crippen LogP contribution in [-0.2, 0) is 17.8 Å². The zero-order valence-corrected chi connectivity index (χ0v) is 12.6. The van der Waals surface area contributed by atoms with Gasteiger partial charge < -0.3 is 10.6 Å². The summed E-state index contributed by atoms with van der Waals surface area (Å²) < 4.78 is 0. The van der Waals surface area contributed by atoms with E-state index in [4.69, 9.17) is 0 Å². The lowest BCUT2D eigenvalue weighted by atomic mass is 9.97. The number of nitrogens with zero attached hydrogens (tertiary/aromatic N) is 1. The Balaban J connectivity index is 1.98. The van der Waals surface area contributed by atoms with Gasteiger partial charge in [0.25, 0.3) is 0 Å². The first-order valence-corrected chi connectivity index (χ1v) is 8.06. The molecule has 1 aliphatic rings. The fourth-order valence-corrected chi connectivity index (χ4v) is 3.47. The van der Waals surface area contributed by atoms with Crippen molar-refractivity contribution in [3.05, 3.63) is 10.6 Å². The van der Waals surface area contributed by atoms with Gasteiger partial charge >= 0.3 is 0 Å². The standard InChI is InChI=1S/C14H23N3OS/c1-3-5-10(6-4-2)13(18)17-14-16-11-7-8-15-9-12(11)19-14/h10,15H,3-9H2,1-2H3,(H,16,17,18). The van der Waals surface area contributed by atoms with E-state index in [2.05, 4.69) is 29.5 Å². The van der Waals surface area contributed by atoms with Gasteiger partial charge in [0.05, 0.1) is 5.69 Å². The first-order valence-electron chi connectivity index (χ1n) is 7.24. The molecule has 2 heterocycles. The van der Waals surface area contributed by atoms with Crippen LogP contribution in [0.1, 0.15) is 50.1 Å². The van der Waals surface area contributed by atoms with Crippen molar-refractivity contribution in [1.29, 1.82) is 0 Å². The molecule has 0 fully saturated rings. The van der Waals surface area contributed by atoms with Gasteiger partial charge in [0, 0.05) is 30.3 Å². The molecule has 1 amide bonds. The molecular weight excluding hydrogens is 258 g/mol. The summed E-state index contributed by atoms with van der Waals surface area (Å²) >= 11 is 1.61. The molecule has 0 spiro atoms. The number of thiazole rings is 1. The number of carbonyl (C=O) groups is 1. The molecule has 0 saturated carbocycles. The van der Waals surface area contributed by atoms with Gasteiger partial charge in [-0.15, -0.1) is 11.3 Å². The summed E-state index contributed by atoms with van der Waals surface area (Å²) in [4.78, 5) is 18.1. The molecule has 4 nitrogen and oxygen atoms in total. The molecule has 19 heavy (non-hydrogen) atoms. The summed E-state index contributed by atoms with van der Waals surface area (Å²) in [5, 5.41) is 7.11. The number of hydrogen-bond acceptors (Lipinski definition) is 4. The van der Waals surface area contributed by atoms with E-state index in [0.29, 0.717) is 0 Å². The monoisotopic (exact) mass is 281 g/mol. The molecular formula is C14H23N3OS. The third kappa shape index (κ3) is 3.76. The predicted molar refractivity (Wildman–Crippen MR) is 79.5 cm³/mol. The van der Waals surface area contributed by atoms with Crippen LogP contribution in [0.2, 0.25) is 0 Å². The lowest BCUT2D eigenvalue weighted by Crippen LogP contribution is -2.23. The van der Waals surface area contributed by atoms with Crippen LogP contribution in [0.3, 0.4) is 0 Å². The second-order valence-corrected chi connectivity index (χ2v) is 6.16. The van der Waals surface area contributed by atoms with Gasteiger partial charge in [-0.05, 0) is 12.8 Å². The van der Waals surface area contributed by atoms with E-state index in [1.54, 1.807) is 11.3 Å². The fourth-order valence-electron chi connectivity index (χ4n) is 2.49. The summed E-state index contributed by atoms with van der Waals surface area (Å²) in [5.41, 5.74) is 1.15. The van der Waals surface area contributed by atoms with E-state index in [9.17, 15) is 4.79 Å².